The van der Waals surface area contributed by atoms with E-state index in [9.17, 15) is 8.42 Å². The topological polar surface area (TPSA) is 64.8 Å². The standard InChI is InChI=1S/C8H12ClN3O2S/c1-2-3-7-10-11-8(9)12(7)6-4-15(13,14)5-6/h6H,2-5H2,1H3. The maximum absolute atomic E-state index is 11.1. The van der Waals surface area contributed by atoms with Crippen molar-refractivity contribution in [1.29, 1.82) is 0 Å². The van der Waals surface area contributed by atoms with Crippen molar-refractivity contribution in [1.82, 2.24) is 14.8 Å². The summed E-state index contributed by atoms with van der Waals surface area (Å²) in [6.07, 6.45) is 1.71. The van der Waals surface area contributed by atoms with Gasteiger partial charge in [-0.1, -0.05) is 6.92 Å². The lowest BCUT2D eigenvalue weighted by molar-refractivity contribution is 0.493. The zero-order valence-electron chi connectivity index (χ0n) is 8.35. The Balaban J connectivity index is 2.24. The summed E-state index contributed by atoms with van der Waals surface area (Å²) < 4.78 is 23.9. The molecule has 2 rings (SSSR count). The van der Waals surface area contributed by atoms with Gasteiger partial charge >= 0.3 is 0 Å². The van der Waals surface area contributed by atoms with Crippen molar-refractivity contribution in [3.63, 3.8) is 0 Å². The molecule has 1 aliphatic rings. The minimum absolute atomic E-state index is 0.0703. The fourth-order valence-electron chi connectivity index (χ4n) is 1.74. The van der Waals surface area contributed by atoms with E-state index in [1.165, 1.54) is 0 Å². The molecule has 0 saturated carbocycles. The summed E-state index contributed by atoms with van der Waals surface area (Å²) in [6, 6.07) is -0.0703. The van der Waals surface area contributed by atoms with E-state index in [4.69, 9.17) is 11.6 Å². The monoisotopic (exact) mass is 249 g/mol. The molecule has 0 aliphatic carbocycles. The number of hydrogen-bond donors (Lipinski definition) is 0. The first-order chi connectivity index (χ1) is 7.03. The Labute approximate surface area is 93.4 Å². The molecule has 0 unspecified atom stereocenters. The molecule has 1 saturated heterocycles. The predicted octanol–water partition coefficient (Wildman–Crippen LogP) is 0.854. The van der Waals surface area contributed by atoms with Crippen LogP contribution in [0.3, 0.4) is 0 Å². The number of aromatic nitrogens is 3. The molecule has 1 aromatic heterocycles. The van der Waals surface area contributed by atoms with Crippen molar-refractivity contribution < 1.29 is 8.42 Å². The number of halogens is 1. The Morgan fingerprint density at radius 1 is 1.47 bits per heavy atom. The van der Waals surface area contributed by atoms with Gasteiger partial charge in [-0.15, -0.1) is 10.2 Å². The van der Waals surface area contributed by atoms with Crippen LogP contribution in [0.25, 0.3) is 0 Å². The number of sulfone groups is 1. The van der Waals surface area contributed by atoms with Crippen LogP contribution in [0.5, 0.6) is 0 Å². The molecule has 0 bridgehead atoms. The average Bonchev–Trinajstić information content (AvgIpc) is 2.44. The Morgan fingerprint density at radius 3 is 2.67 bits per heavy atom. The molecular weight excluding hydrogens is 238 g/mol. The van der Waals surface area contributed by atoms with E-state index in [1.807, 2.05) is 6.92 Å². The number of hydrogen-bond acceptors (Lipinski definition) is 4. The van der Waals surface area contributed by atoms with Gasteiger partial charge in [0.2, 0.25) is 5.28 Å². The Morgan fingerprint density at radius 2 is 2.13 bits per heavy atom. The van der Waals surface area contributed by atoms with Crippen LogP contribution in [-0.4, -0.2) is 34.7 Å². The number of nitrogens with zero attached hydrogens (tertiary/aromatic N) is 3. The highest BCUT2D eigenvalue weighted by molar-refractivity contribution is 7.92. The van der Waals surface area contributed by atoms with E-state index in [0.29, 0.717) is 5.28 Å². The molecule has 2 heterocycles. The maximum atomic E-state index is 11.1. The molecule has 84 valence electrons. The van der Waals surface area contributed by atoms with E-state index in [-0.39, 0.29) is 17.5 Å². The molecule has 1 aromatic rings. The molecule has 7 heteroatoms. The predicted molar refractivity (Wildman–Crippen MR) is 56.7 cm³/mol. The summed E-state index contributed by atoms with van der Waals surface area (Å²) in [5, 5.41) is 8.00. The summed E-state index contributed by atoms with van der Waals surface area (Å²) in [4.78, 5) is 0. The second-order valence-electron chi connectivity index (χ2n) is 3.74. The first-order valence-electron chi connectivity index (χ1n) is 4.83. The highest BCUT2D eigenvalue weighted by atomic mass is 35.5. The second-order valence-corrected chi connectivity index (χ2v) is 6.23. The molecule has 1 fully saturated rings. The van der Waals surface area contributed by atoms with Crippen molar-refractivity contribution in [2.45, 2.75) is 25.8 Å². The van der Waals surface area contributed by atoms with Gasteiger partial charge in [0.15, 0.2) is 9.84 Å². The molecule has 1 aliphatic heterocycles. The van der Waals surface area contributed by atoms with Crippen molar-refractivity contribution >= 4 is 21.4 Å². The summed E-state index contributed by atoms with van der Waals surface area (Å²) in [6.45, 7) is 2.03. The summed E-state index contributed by atoms with van der Waals surface area (Å²) >= 11 is 5.88. The van der Waals surface area contributed by atoms with E-state index >= 15 is 0 Å². The SMILES string of the molecule is CCCc1nnc(Cl)n1C1CS(=O)(=O)C1. The van der Waals surface area contributed by atoms with Crippen LogP contribution in [0.4, 0.5) is 0 Å². The maximum Gasteiger partial charge on any atom is 0.225 e. The Kier molecular flexibility index (Phi) is 2.72. The van der Waals surface area contributed by atoms with Crippen molar-refractivity contribution in [2.24, 2.45) is 0 Å². The van der Waals surface area contributed by atoms with Gasteiger partial charge in [0.25, 0.3) is 0 Å². The lowest BCUT2D eigenvalue weighted by Gasteiger charge is -2.28. The smallest absolute Gasteiger partial charge is 0.225 e. The third-order valence-corrected chi connectivity index (χ3v) is 4.50. The highest BCUT2D eigenvalue weighted by Gasteiger charge is 2.37. The minimum atomic E-state index is -2.84. The molecule has 0 radical (unpaired) electrons. The summed E-state index contributed by atoms with van der Waals surface area (Å²) in [5.41, 5.74) is 0. The van der Waals surface area contributed by atoms with Gasteiger partial charge in [-0.25, -0.2) is 8.42 Å². The van der Waals surface area contributed by atoms with Gasteiger partial charge in [0.1, 0.15) is 5.82 Å². The van der Waals surface area contributed by atoms with Crippen LogP contribution in [0.1, 0.15) is 25.2 Å². The van der Waals surface area contributed by atoms with Gasteiger partial charge < -0.3 is 0 Å². The number of aryl methyl sites for hydroxylation is 1. The van der Waals surface area contributed by atoms with Crippen LogP contribution in [0, 0.1) is 0 Å². The molecule has 5 nitrogen and oxygen atoms in total. The van der Waals surface area contributed by atoms with Crippen LogP contribution in [0.15, 0.2) is 0 Å². The lowest BCUT2D eigenvalue weighted by atomic mass is 10.3. The molecule has 15 heavy (non-hydrogen) atoms. The number of rotatable bonds is 3. The fraction of sp³-hybridized carbons (Fsp3) is 0.750. The molecule has 0 spiro atoms. The Hall–Kier alpha value is -0.620. The van der Waals surface area contributed by atoms with E-state index in [0.717, 1.165) is 18.7 Å². The molecule has 0 aromatic carbocycles. The Bertz CT molecular complexity index is 456. The van der Waals surface area contributed by atoms with Crippen LogP contribution < -0.4 is 0 Å². The minimum Gasteiger partial charge on any atom is -0.297 e. The summed E-state index contributed by atoms with van der Waals surface area (Å²) in [7, 11) is -2.84. The normalized spacial score (nSPS) is 20.1. The van der Waals surface area contributed by atoms with E-state index in [2.05, 4.69) is 10.2 Å². The fourth-order valence-corrected chi connectivity index (χ4v) is 3.39. The lowest BCUT2D eigenvalue weighted by Crippen LogP contribution is -2.39. The van der Waals surface area contributed by atoms with Crippen molar-refractivity contribution in [3.8, 4) is 0 Å². The molecular formula is C8H12ClN3O2S. The van der Waals surface area contributed by atoms with Crippen LogP contribution >= 0.6 is 11.6 Å². The average molecular weight is 250 g/mol. The van der Waals surface area contributed by atoms with Gasteiger partial charge in [0, 0.05) is 6.42 Å². The van der Waals surface area contributed by atoms with Crippen LogP contribution in [-0.2, 0) is 16.3 Å². The third kappa shape index (κ3) is 2.01. The van der Waals surface area contributed by atoms with Crippen molar-refractivity contribution in [2.75, 3.05) is 11.5 Å². The van der Waals surface area contributed by atoms with Crippen LogP contribution in [0.2, 0.25) is 5.28 Å². The molecule has 0 amide bonds. The van der Waals surface area contributed by atoms with Gasteiger partial charge in [-0.05, 0) is 18.0 Å². The zero-order valence-corrected chi connectivity index (χ0v) is 9.92. The largest absolute Gasteiger partial charge is 0.297 e. The third-order valence-electron chi connectivity index (χ3n) is 2.46. The van der Waals surface area contributed by atoms with Gasteiger partial charge in [-0.2, -0.15) is 0 Å². The highest BCUT2D eigenvalue weighted by Crippen LogP contribution is 2.28. The first-order valence-corrected chi connectivity index (χ1v) is 7.03. The van der Waals surface area contributed by atoms with Crippen molar-refractivity contribution in [3.05, 3.63) is 11.1 Å². The van der Waals surface area contributed by atoms with E-state index in [1.54, 1.807) is 4.57 Å². The quantitative estimate of drug-likeness (QED) is 0.797. The van der Waals surface area contributed by atoms with Gasteiger partial charge in [-0.3, -0.25) is 4.57 Å². The first kappa shape index (κ1) is 10.9. The van der Waals surface area contributed by atoms with E-state index < -0.39 is 9.84 Å². The zero-order chi connectivity index (χ0) is 11.1. The summed E-state index contributed by atoms with van der Waals surface area (Å²) in [5.74, 6) is 1.09. The molecule has 0 atom stereocenters. The second kappa shape index (κ2) is 3.75. The molecule has 0 N–H and O–H groups in total. The van der Waals surface area contributed by atoms with Gasteiger partial charge in [0.05, 0.1) is 17.5 Å².